The third-order valence-electron chi connectivity index (χ3n) is 7.84. The molecule has 2 fully saturated rings. The number of likely N-dealkylation sites (tertiary alicyclic amines) is 1. The van der Waals surface area contributed by atoms with Gasteiger partial charge >= 0.3 is 6.09 Å². The Morgan fingerprint density at radius 1 is 1.07 bits per heavy atom. The molecule has 1 atom stereocenters. The van der Waals surface area contributed by atoms with Crippen molar-refractivity contribution < 1.29 is 23.7 Å². The molecule has 1 amide bonds. The third-order valence-corrected chi connectivity index (χ3v) is 8.89. The van der Waals surface area contributed by atoms with Crippen LogP contribution in [-0.2, 0) is 28.2 Å². The van der Waals surface area contributed by atoms with Crippen LogP contribution in [0.15, 0.2) is 53.3 Å². The SMILES string of the molecule is COc1ccc(Cn2c(C3(OC)CC3)nc3sc(C4CCCN4C(=O)OCc4ccccc4)nc3c2=O)c(OC)c1. The Hall–Kier alpha value is -3.96. The second-order valence-corrected chi connectivity index (χ2v) is 11.3. The first-order valence-corrected chi connectivity index (χ1v) is 14.4. The molecule has 1 aliphatic heterocycles. The topological polar surface area (TPSA) is 105 Å². The van der Waals surface area contributed by atoms with Gasteiger partial charge < -0.3 is 18.9 Å². The Bertz CT molecular complexity index is 1630. The molecule has 0 N–H and O–H groups in total. The van der Waals surface area contributed by atoms with Gasteiger partial charge in [-0.3, -0.25) is 14.3 Å². The highest BCUT2D eigenvalue weighted by molar-refractivity contribution is 7.18. The van der Waals surface area contributed by atoms with Crippen molar-refractivity contribution in [2.75, 3.05) is 27.9 Å². The van der Waals surface area contributed by atoms with Gasteiger partial charge in [-0.25, -0.2) is 14.8 Å². The van der Waals surface area contributed by atoms with E-state index in [1.54, 1.807) is 36.9 Å². The highest BCUT2D eigenvalue weighted by Crippen LogP contribution is 2.48. The van der Waals surface area contributed by atoms with Gasteiger partial charge in [-0.1, -0.05) is 41.7 Å². The standard InChI is InChI=1S/C30H32N4O6S/c1-37-21-12-11-20(23(16-21)38-2)17-34-27(35)24-26(32-28(34)30(39-3)13-14-30)41-25(31-24)22-10-7-15-33(22)29(36)40-18-19-8-5-4-6-9-19/h4-6,8-9,11-12,16,22H,7,10,13-15,17-18H2,1-3H3. The fourth-order valence-electron chi connectivity index (χ4n) is 5.39. The second-order valence-electron chi connectivity index (χ2n) is 10.3. The van der Waals surface area contributed by atoms with Gasteiger partial charge in [0.2, 0.25) is 0 Å². The smallest absolute Gasteiger partial charge is 0.410 e. The molecule has 1 saturated carbocycles. The van der Waals surface area contributed by atoms with Crippen molar-refractivity contribution in [3.8, 4) is 11.5 Å². The predicted molar refractivity (Wildman–Crippen MR) is 154 cm³/mol. The Labute approximate surface area is 241 Å². The van der Waals surface area contributed by atoms with E-state index in [4.69, 9.17) is 28.9 Å². The number of methoxy groups -OCH3 is 3. The number of hydrogen-bond acceptors (Lipinski definition) is 9. The van der Waals surface area contributed by atoms with E-state index in [-0.39, 0.29) is 36.4 Å². The van der Waals surface area contributed by atoms with E-state index in [1.807, 2.05) is 42.5 Å². The summed E-state index contributed by atoms with van der Waals surface area (Å²) in [6.07, 6.45) is 2.73. The molecular formula is C30H32N4O6S. The van der Waals surface area contributed by atoms with Crippen LogP contribution in [0, 0.1) is 0 Å². The average Bonchev–Trinajstić information content (AvgIpc) is 3.43. The number of amides is 1. The lowest BCUT2D eigenvalue weighted by Gasteiger charge is -2.22. The molecule has 0 bridgehead atoms. The molecule has 2 aromatic carbocycles. The van der Waals surface area contributed by atoms with E-state index in [2.05, 4.69) is 0 Å². The van der Waals surface area contributed by atoms with E-state index in [1.165, 1.54) is 11.3 Å². The summed E-state index contributed by atoms with van der Waals surface area (Å²) in [5, 5.41) is 0.687. The molecule has 4 aromatic rings. The summed E-state index contributed by atoms with van der Waals surface area (Å²) >= 11 is 1.36. The van der Waals surface area contributed by atoms with E-state index in [0.717, 1.165) is 36.8 Å². The Balaban J connectivity index is 1.34. The predicted octanol–water partition coefficient (Wildman–Crippen LogP) is 5.03. The number of ether oxygens (including phenoxy) is 4. The van der Waals surface area contributed by atoms with Crippen LogP contribution in [0.3, 0.4) is 0 Å². The maximum atomic E-state index is 14.0. The molecule has 214 valence electrons. The van der Waals surface area contributed by atoms with Crippen molar-refractivity contribution in [1.82, 2.24) is 19.4 Å². The van der Waals surface area contributed by atoms with Gasteiger partial charge in [0.25, 0.3) is 5.56 Å². The molecule has 1 aliphatic carbocycles. The minimum absolute atomic E-state index is 0.201. The number of hydrogen-bond donors (Lipinski definition) is 0. The second kappa shape index (κ2) is 11.1. The zero-order chi connectivity index (χ0) is 28.6. The molecule has 0 spiro atoms. The highest BCUT2D eigenvalue weighted by atomic mass is 32.1. The van der Waals surface area contributed by atoms with Gasteiger partial charge in [-0.15, -0.1) is 0 Å². The molecular weight excluding hydrogens is 544 g/mol. The zero-order valence-electron chi connectivity index (χ0n) is 23.3. The van der Waals surface area contributed by atoms with Gasteiger partial charge in [-0.2, -0.15) is 0 Å². The largest absolute Gasteiger partial charge is 0.497 e. The lowest BCUT2D eigenvalue weighted by atomic mass is 10.1. The van der Waals surface area contributed by atoms with Gasteiger partial charge in [0.15, 0.2) is 10.3 Å². The van der Waals surface area contributed by atoms with Crippen molar-refractivity contribution in [2.45, 2.75) is 50.5 Å². The number of rotatable bonds is 9. The van der Waals surface area contributed by atoms with E-state index in [0.29, 0.717) is 33.7 Å². The Kier molecular flexibility index (Phi) is 7.39. The third kappa shape index (κ3) is 5.15. The van der Waals surface area contributed by atoms with Crippen LogP contribution in [0.2, 0.25) is 0 Å². The minimum atomic E-state index is -0.613. The van der Waals surface area contributed by atoms with Gasteiger partial charge in [0, 0.05) is 25.3 Å². The van der Waals surface area contributed by atoms with Gasteiger partial charge in [0.1, 0.15) is 34.5 Å². The average molecular weight is 577 g/mol. The zero-order valence-corrected chi connectivity index (χ0v) is 24.1. The maximum absolute atomic E-state index is 14.0. The summed E-state index contributed by atoms with van der Waals surface area (Å²) in [6, 6.07) is 14.8. The fraction of sp³-hybridized carbons (Fsp3) is 0.400. The first-order valence-electron chi connectivity index (χ1n) is 13.6. The Morgan fingerprint density at radius 3 is 2.59 bits per heavy atom. The number of carbonyl (C=O) groups excluding carboxylic acids is 1. The molecule has 1 unspecified atom stereocenters. The Morgan fingerprint density at radius 2 is 1.88 bits per heavy atom. The molecule has 0 radical (unpaired) electrons. The first-order chi connectivity index (χ1) is 20.0. The molecule has 2 aromatic heterocycles. The molecule has 2 aliphatic rings. The molecule has 3 heterocycles. The van der Waals surface area contributed by atoms with Crippen LogP contribution in [-0.4, -0.2) is 53.4 Å². The summed E-state index contributed by atoms with van der Waals surface area (Å²) < 4.78 is 24.1. The van der Waals surface area contributed by atoms with E-state index < -0.39 is 5.60 Å². The quantitative estimate of drug-likeness (QED) is 0.273. The molecule has 11 heteroatoms. The number of nitrogens with zero attached hydrogens (tertiary/aromatic N) is 4. The first kappa shape index (κ1) is 27.2. The number of carbonyl (C=O) groups is 1. The van der Waals surface area contributed by atoms with Crippen LogP contribution < -0.4 is 15.0 Å². The van der Waals surface area contributed by atoms with Crippen molar-refractivity contribution in [1.29, 1.82) is 0 Å². The van der Waals surface area contributed by atoms with Crippen LogP contribution >= 0.6 is 11.3 Å². The molecule has 6 rings (SSSR count). The fourth-order valence-corrected chi connectivity index (χ4v) is 6.47. The van der Waals surface area contributed by atoms with E-state index >= 15 is 0 Å². The normalized spacial score (nSPS) is 17.5. The summed E-state index contributed by atoms with van der Waals surface area (Å²) in [5.41, 5.74) is 1.16. The van der Waals surface area contributed by atoms with Crippen molar-refractivity contribution in [3.05, 3.63) is 80.8 Å². The van der Waals surface area contributed by atoms with Gasteiger partial charge in [-0.05, 0) is 43.4 Å². The number of aromatic nitrogens is 3. The van der Waals surface area contributed by atoms with Crippen molar-refractivity contribution in [2.24, 2.45) is 0 Å². The number of fused-ring (bicyclic) bond motifs is 1. The van der Waals surface area contributed by atoms with Crippen LogP contribution in [0.25, 0.3) is 10.3 Å². The van der Waals surface area contributed by atoms with E-state index in [9.17, 15) is 9.59 Å². The maximum Gasteiger partial charge on any atom is 0.410 e. The summed E-state index contributed by atoms with van der Waals surface area (Å²) in [4.78, 5) is 39.0. The van der Waals surface area contributed by atoms with Gasteiger partial charge in [0.05, 0.1) is 26.8 Å². The van der Waals surface area contributed by atoms with Crippen LogP contribution in [0.1, 0.15) is 53.7 Å². The summed E-state index contributed by atoms with van der Waals surface area (Å²) in [5.74, 6) is 1.85. The molecule has 1 saturated heterocycles. The lowest BCUT2D eigenvalue weighted by Crippen LogP contribution is -2.31. The monoisotopic (exact) mass is 576 g/mol. The van der Waals surface area contributed by atoms with Crippen molar-refractivity contribution in [3.63, 3.8) is 0 Å². The highest BCUT2D eigenvalue weighted by Gasteiger charge is 2.49. The van der Waals surface area contributed by atoms with Crippen molar-refractivity contribution >= 4 is 27.8 Å². The molecule has 41 heavy (non-hydrogen) atoms. The van der Waals surface area contributed by atoms with Crippen LogP contribution in [0.4, 0.5) is 4.79 Å². The lowest BCUT2D eigenvalue weighted by molar-refractivity contribution is 0.0672. The number of benzene rings is 2. The minimum Gasteiger partial charge on any atom is -0.497 e. The van der Waals surface area contributed by atoms with Crippen LogP contribution in [0.5, 0.6) is 11.5 Å². The summed E-state index contributed by atoms with van der Waals surface area (Å²) in [7, 11) is 4.84. The number of thiazole rings is 1. The molecule has 10 nitrogen and oxygen atoms in total. The summed E-state index contributed by atoms with van der Waals surface area (Å²) in [6.45, 7) is 1.01.